The molecule has 2 amide bonds. The SMILES string of the molecule is COc1ccc(C2=Nc3cccnc3N(CC(=O)NCc3cccc(OC)c3OC)C(=O)C2)cc1. The minimum absolute atomic E-state index is 0.0275. The van der Waals surface area contributed by atoms with E-state index in [4.69, 9.17) is 19.2 Å². The summed E-state index contributed by atoms with van der Waals surface area (Å²) in [7, 11) is 4.69. The van der Waals surface area contributed by atoms with Crippen LogP contribution in [-0.4, -0.2) is 50.4 Å². The average Bonchev–Trinajstić information content (AvgIpc) is 3.03. The van der Waals surface area contributed by atoms with Crippen LogP contribution in [0.15, 0.2) is 65.8 Å². The van der Waals surface area contributed by atoms with E-state index in [9.17, 15) is 9.59 Å². The number of rotatable bonds is 8. The van der Waals surface area contributed by atoms with Crippen LogP contribution in [0, 0.1) is 0 Å². The Morgan fingerprint density at radius 1 is 1.00 bits per heavy atom. The van der Waals surface area contributed by atoms with E-state index in [1.807, 2.05) is 36.4 Å². The van der Waals surface area contributed by atoms with E-state index in [0.717, 1.165) is 11.1 Å². The van der Waals surface area contributed by atoms with Gasteiger partial charge in [0.25, 0.3) is 0 Å². The van der Waals surface area contributed by atoms with Crippen molar-refractivity contribution in [1.29, 1.82) is 0 Å². The van der Waals surface area contributed by atoms with E-state index in [-0.39, 0.29) is 31.3 Å². The maximum absolute atomic E-state index is 13.2. The predicted octanol–water partition coefficient (Wildman–Crippen LogP) is 3.28. The van der Waals surface area contributed by atoms with Gasteiger partial charge in [0.15, 0.2) is 17.3 Å². The van der Waals surface area contributed by atoms with Gasteiger partial charge >= 0.3 is 0 Å². The van der Waals surface area contributed by atoms with Gasteiger partial charge in [-0.25, -0.2) is 9.98 Å². The molecule has 0 saturated heterocycles. The van der Waals surface area contributed by atoms with Crippen LogP contribution in [0.4, 0.5) is 11.5 Å². The van der Waals surface area contributed by atoms with Crippen molar-refractivity contribution in [3.8, 4) is 17.2 Å². The molecule has 9 nitrogen and oxygen atoms in total. The lowest BCUT2D eigenvalue weighted by molar-refractivity contribution is -0.123. The van der Waals surface area contributed by atoms with Gasteiger partial charge in [0.2, 0.25) is 11.8 Å². The lowest BCUT2D eigenvalue weighted by Crippen LogP contribution is -2.41. The molecule has 4 rings (SSSR count). The molecule has 1 aromatic heterocycles. The van der Waals surface area contributed by atoms with Gasteiger partial charge in [-0.1, -0.05) is 12.1 Å². The number of aliphatic imine (C=N–C) groups is 1. The van der Waals surface area contributed by atoms with Crippen molar-refractivity contribution in [1.82, 2.24) is 10.3 Å². The summed E-state index contributed by atoms with van der Waals surface area (Å²) in [4.78, 5) is 36.5. The number of anilines is 1. The number of carbonyl (C=O) groups is 2. The second kappa shape index (κ2) is 10.7. The number of benzene rings is 2. The third kappa shape index (κ3) is 5.24. The lowest BCUT2D eigenvalue weighted by atomic mass is 10.1. The van der Waals surface area contributed by atoms with Crippen LogP contribution in [0.2, 0.25) is 0 Å². The summed E-state index contributed by atoms with van der Waals surface area (Å²) in [6.07, 6.45) is 1.60. The van der Waals surface area contributed by atoms with Gasteiger partial charge in [0.05, 0.1) is 33.5 Å². The zero-order valence-electron chi connectivity index (χ0n) is 19.8. The Hall–Kier alpha value is -4.40. The third-order valence-corrected chi connectivity index (χ3v) is 5.58. The molecule has 0 unspecified atom stereocenters. The zero-order valence-corrected chi connectivity index (χ0v) is 19.8. The molecule has 0 aliphatic carbocycles. The van der Waals surface area contributed by atoms with Crippen LogP contribution in [0.25, 0.3) is 0 Å². The molecule has 2 heterocycles. The highest BCUT2D eigenvalue weighted by Crippen LogP contribution is 2.32. The van der Waals surface area contributed by atoms with Gasteiger partial charge in [0.1, 0.15) is 18.0 Å². The number of pyridine rings is 1. The number of carbonyl (C=O) groups excluding carboxylic acids is 2. The Morgan fingerprint density at radius 3 is 2.51 bits per heavy atom. The Labute approximate surface area is 203 Å². The van der Waals surface area contributed by atoms with Crippen LogP contribution in [0.3, 0.4) is 0 Å². The Morgan fingerprint density at radius 2 is 1.80 bits per heavy atom. The third-order valence-electron chi connectivity index (χ3n) is 5.58. The number of nitrogens with zero attached hydrogens (tertiary/aromatic N) is 3. The van der Waals surface area contributed by atoms with Gasteiger partial charge in [-0.2, -0.15) is 0 Å². The second-order valence-corrected chi connectivity index (χ2v) is 7.72. The molecule has 0 saturated carbocycles. The van der Waals surface area contributed by atoms with Crippen LogP contribution < -0.4 is 24.4 Å². The minimum Gasteiger partial charge on any atom is -0.497 e. The number of ether oxygens (including phenoxy) is 3. The van der Waals surface area contributed by atoms with E-state index in [1.165, 1.54) is 4.90 Å². The molecule has 1 aliphatic heterocycles. The number of hydrogen-bond donors (Lipinski definition) is 1. The topological polar surface area (TPSA) is 102 Å². The van der Waals surface area contributed by atoms with Gasteiger partial charge < -0.3 is 19.5 Å². The number of aromatic nitrogens is 1. The van der Waals surface area contributed by atoms with Gasteiger partial charge in [-0.05, 0) is 48.0 Å². The molecule has 2 aromatic carbocycles. The molecule has 0 radical (unpaired) electrons. The number of fused-ring (bicyclic) bond motifs is 1. The zero-order chi connectivity index (χ0) is 24.8. The van der Waals surface area contributed by atoms with E-state index < -0.39 is 0 Å². The number of hydrogen-bond acceptors (Lipinski definition) is 7. The molecule has 0 bridgehead atoms. The summed E-state index contributed by atoms with van der Waals surface area (Å²) in [5, 5.41) is 2.85. The maximum Gasteiger partial charge on any atom is 0.240 e. The average molecular weight is 475 g/mol. The first-order chi connectivity index (χ1) is 17.0. The predicted molar refractivity (Wildman–Crippen MR) is 132 cm³/mol. The maximum atomic E-state index is 13.2. The van der Waals surface area contributed by atoms with Crippen molar-refractivity contribution in [2.75, 3.05) is 32.8 Å². The van der Waals surface area contributed by atoms with E-state index in [0.29, 0.717) is 34.5 Å². The Bertz CT molecular complexity index is 1260. The number of nitrogens with one attached hydrogen (secondary N) is 1. The number of methoxy groups -OCH3 is 3. The highest BCUT2D eigenvalue weighted by molar-refractivity contribution is 6.18. The van der Waals surface area contributed by atoms with Crippen LogP contribution in [-0.2, 0) is 16.1 Å². The normalized spacial score (nSPS) is 12.8. The highest BCUT2D eigenvalue weighted by Gasteiger charge is 2.27. The van der Waals surface area contributed by atoms with Crippen molar-refractivity contribution in [3.05, 3.63) is 71.9 Å². The molecule has 3 aromatic rings. The van der Waals surface area contributed by atoms with E-state index >= 15 is 0 Å². The van der Waals surface area contributed by atoms with Crippen molar-refractivity contribution in [3.63, 3.8) is 0 Å². The van der Waals surface area contributed by atoms with Gasteiger partial charge in [-0.15, -0.1) is 0 Å². The summed E-state index contributed by atoms with van der Waals surface area (Å²) in [5.41, 5.74) is 2.67. The minimum atomic E-state index is -0.340. The quantitative estimate of drug-likeness (QED) is 0.538. The molecule has 1 aliphatic rings. The van der Waals surface area contributed by atoms with Crippen LogP contribution >= 0.6 is 0 Å². The first kappa shape index (κ1) is 23.7. The Kier molecular flexibility index (Phi) is 7.25. The number of amides is 2. The summed E-state index contributed by atoms with van der Waals surface area (Å²) >= 11 is 0. The van der Waals surface area contributed by atoms with Crippen LogP contribution in [0.5, 0.6) is 17.2 Å². The molecular formula is C26H26N4O5. The fourth-order valence-corrected chi connectivity index (χ4v) is 3.82. The van der Waals surface area contributed by atoms with E-state index in [2.05, 4.69) is 10.3 Å². The second-order valence-electron chi connectivity index (χ2n) is 7.72. The summed E-state index contributed by atoms with van der Waals surface area (Å²) in [6, 6.07) is 16.3. The Balaban J connectivity index is 1.52. The number of para-hydroxylation sites is 1. The molecule has 9 heteroatoms. The standard InChI is InChI=1S/C26H26N4O5/c1-33-19-11-9-17(10-12-19)21-14-24(32)30(26-20(29-21)7-5-13-27-26)16-23(31)28-15-18-6-4-8-22(34-2)25(18)35-3/h4-13H,14-16H2,1-3H3,(H,28,31). The van der Waals surface area contributed by atoms with E-state index in [1.54, 1.807) is 45.7 Å². The fraction of sp³-hybridized carbons (Fsp3) is 0.231. The van der Waals surface area contributed by atoms with Crippen molar-refractivity contribution in [2.45, 2.75) is 13.0 Å². The van der Waals surface area contributed by atoms with Gasteiger partial charge in [-0.3, -0.25) is 14.5 Å². The van der Waals surface area contributed by atoms with Gasteiger partial charge in [0, 0.05) is 18.3 Å². The molecular weight excluding hydrogens is 448 g/mol. The summed E-state index contributed by atoms with van der Waals surface area (Å²) in [6.45, 7) is 0.0183. The first-order valence-corrected chi connectivity index (χ1v) is 11.0. The smallest absolute Gasteiger partial charge is 0.240 e. The molecule has 35 heavy (non-hydrogen) atoms. The molecule has 1 N–H and O–H groups in total. The first-order valence-electron chi connectivity index (χ1n) is 11.0. The fourth-order valence-electron chi connectivity index (χ4n) is 3.82. The molecule has 0 atom stereocenters. The van der Waals surface area contributed by atoms with Crippen LogP contribution in [0.1, 0.15) is 17.5 Å². The summed E-state index contributed by atoms with van der Waals surface area (Å²) in [5.74, 6) is 1.56. The van der Waals surface area contributed by atoms with Crippen molar-refractivity contribution >= 4 is 29.0 Å². The molecule has 180 valence electrons. The molecule has 0 spiro atoms. The van der Waals surface area contributed by atoms with Crippen molar-refractivity contribution < 1.29 is 23.8 Å². The summed E-state index contributed by atoms with van der Waals surface area (Å²) < 4.78 is 16.0. The highest BCUT2D eigenvalue weighted by atomic mass is 16.5. The monoisotopic (exact) mass is 474 g/mol. The lowest BCUT2D eigenvalue weighted by Gasteiger charge is -2.21. The largest absolute Gasteiger partial charge is 0.497 e. The molecule has 0 fully saturated rings. The van der Waals surface area contributed by atoms with Crippen molar-refractivity contribution in [2.24, 2.45) is 4.99 Å².